The first-order chi connectivity index (χ1) is 19.9. The molecule has 9 nitrogen and oxygen atoms in total. The number of para-hydroxylation sites is 1. The van der Waals surface area contributed by atoms with Gasteiger partial charge in [-0.05, 0) is 72.8 Å². The summed E-state index contributed by atoms with van der Waals surface area (Å²) in [4.78, 5) is 39.9. The lowest BCUT2D eigenvalue weighted by Crippen LogP contribution is -2.32. The Balaban J connectivity index is 1.24. The fourth-order valence-corrected chi connectivity index (χ4v) is 4.39. The zero-order valence-electron chi connectivity index (χ0n) is 22.1. The maximum Gasteiger partial charge on any atom is 0.283 e. The summed E-state index contributed by atoms with van der Waals surface area (Å²) in [6, 6.07) is 28.3. The van der Waals surface area contributed by atoms with Gasteiger partial charge >= 0.3 is 0 Å². The number of rotatable bonds is 9. The lowest BCUT2D eigenvalue weighted by Gasteiger charge is -2.19. The molecule has 0 atom stereocenters. The zero-order valence-corrected chi connectivity index (χ0v) is 22.9. The molecule has 5 rings (SSSR count). The van der Waals surface area contributed by atoms with E-state index in [1.807, 2.05) is 42.5 Å². The van der Waals surface area contributed by atoms with Crippen molar-refractivity contribution in [1.82, 2.24) is 0 Å². The first-order valence-corrected chi connectivity index (χ1v) is 12.9. The number of methoxy groups -OCH3 is 2. The maximum absolute atomic E-state index is 13.2. The number of nitrogens with zero attached hydrogens (tertiary/aromatic N) is 1. The quantitative estimate of drug-likeness (QED) is 0.208. The van der Waals surface area contributed by atoms with Crippen molar-refractivity contribution in [2.75, 3.05) is 35.1 Å². The molecule has 3 amide bonds. The molecule has 0 unspecified atom stereocenters. The van der Waals surface area contributed by atoms with Crippen LogP contribution in [0.1, 0.15) is 10.4 Å². The normalized spacial score (nSPS) is 12.8. The van der Waals surface area contributed by atoms with Crippen molar-refractivity contribution < 1.29 is 23.9 Å². The van der Waals surface area contributed by atoms with Crippen LogP contribution in [0.25, 0.3) is 0 Å². The van der Waals surface area contributed by atoms with Crippen molar-refractivity contribution in [2.24, 2.45) is 0 Å². The Hall–Kier alpha value is -5.28. The highest BCUT2D eigenvalue weighted by atomic mass is 35.5. The van der Waals surface area contributed by atoms with Crippen LogP contribution >= 0.6 is 11.6 Å². The molecule has 1 aliphatic rings. The van der Waals surface area contributed by atoms with Gasteiger partial charge in [0.05, 0.1) is 19.9 Å². The summed E-state index contributed by atoms with van der Waals surface area (Å²) in [5.41, 5.74) is 3.46. The minimum Gasteiger partial charge on any atom is -0.497 e. The van der Waals surface area contributed by atoms with Crippen LogP contribution in [0.5, 0.6) is 11.5 Å². The highest BCUT2D eigenvalue weighted by Crippen LogP contribution is 2.38. The van der Waals surface area contributed by atoms with Crippen LogP contribution in [0.3, 0.4) is 0 Å². The average Bonchev–Trinajstić information content (AvgIpc) is 3.21. The summed E-state index contributed by atoms with van der Waals surface area (Å²) in [6.45, 7) is 0. The van der Waals surface area contributed by atoms with E-state index in [1.54, 1.807) is 48.5 Å². The Morgan fingerprint density at radius 3 is 1.98 bits per heavy atom. The van der Waals surface area contributed by atoms with Gasteiger partial charge < -0.3 is 25.4 Å². The maximum atomic E-state index is 13.2. The van der Waals surface area contributed by atoms with Crippen LogP contribution in [0, 0.1) is 0 Å². The van der Waals surface area contributed by atoms with Gasteiger partial charge in [0.15, 0.2) is 0 Å². The SMILES string of the molecule is COc1ccc(OC)c(N2C(=O)C(Cl)=C(Nc3ccc(C(=O)Nc4ccc(Nc5ccccc5)cc4)cc3)C2=O)c1. The number of nitrogens with one attached hydrogen (secondary N) is 3. The molecule has 0 saturated carbocycles. The largest absolute Gasteiger partial charge is 0.497 e. The molecular weight excluding hydrogens is 544 g/mol. The second kappa shape index (κ2) is 11.8. The number of amides is 3. The number of benzene rings is 4. The molecule has 0 fully saturated rings. The molecule has 4 aromatic rings. The van der Waals surface area contributed by atoms with Gasteiger partial charge in [-0.3, -0.25) is 14.4 Å². The van der Waals surface area contributed by atoms with E-state index in [9.17, 15) is 14.4 Å². The van der Waals surface area contributed by atoms with Gasteiger partial charge in [0.2, 0.25) is 0 Å². The molecule has 0 spiro atoms. The summed E-state index contributed by atoms with van der Waals surface area (Å²) in [7, 11) is 2.90. The van der Waals surface area contributed by atoms with Crippen LogP contribution in [-0.4, -0.2) is 31.9 Å². The van der Waals surface area contributed by atoms with E-state index < -0.39 is 11.8 Å². The number of hydrogen-bond donors (Lipinski definition) is 3. The Morgan fingerprint density at radius 1 is 0.707 bits per heavy atom. The van der Waals surface area contributed by atoms with Crippen molar-refractivity contribution in [3.63, 3.8) is 0 Å². The molecule has 0 aromatic heterocycles. The minimum absolute atomic E-state index is 0.0945. The number of anilines is 5. The Morgan fingerprint density at radius 2 is 1.32 bits per heavy atom. The molecule has 0 aliphatic carbocycles. The summed E-state index contributed by atoms with van der Waals surface area (Å²) >= 11 is 6.28. The third kappa shape index (κ3) is 5.85. The van der Waals surface area contributed by atoms with Gasteiger partial charge in [-0.15, -0.1) is 0 Å². The topological polar surface area (TPSA) is 109 Å². The van der Waals surface area contributed by atoms with E-state index in [4.69, 9.17) is 21.1 Å². The highest BCUT2D eigenvalue weighted by molar-refractivity contribution is 6.53. The monoisotopic (exact) mass is 568 g/mol. The fourth-order valence-electron chi connectivity index (χ4n) is 4.18. The average molecular weight is 569 g/mol. The van der Waals surface area contributed by atoms with Crippen LogP contribution in [0.15, 0.2) is 108 Å². The van der Waals surface area contributed by atoms with E-state index in [0.29, 0.717) is 28.4 Å². The zero-order chi connectivity index (χ0) is 28.9. The van der Waals surface area contributed by atoms with E-state index >= 15 is 0 Å². The molecule has 10 heteroatoms. The second-order valence-electron chi connectivity index (χ2n) is 8.90. The van der Waals surface area contributed by atoms with E-state index in [2.05, 4.69) is 16.0 Å². The predicted molar refractivity (Wildman–Crippen MR) is 159 cm³/mol. The first kappa shape index (κ1) is 27.3. The number of carbonyl (C=O) groups excluding carboxylic acids is 3. The fraction of sp³-hybridized carbons (Fsp3) is 0.0645. The Bertz CT molecular complexity index is 1640. The molecule has 3 N–H and O–H groups in total. The van der Waals surface area contributed by atoms with Crippen LogP contribution in [0.4, 0.5) is 28.4 Å². The third-order valence-corrected chi connectivity index (χ3v) is 6.63. The molecule has 0 saturated heterocycles. The van der Waals surface area contributed by atoms with Crippen molar-refractivity contribution in [3.8, 4) is 11.5 Å². The molecule has 1 heterocycles. The van der Waals surface area contributed by atoms with Gasteiger partial charge in [-0.2, -0.15) is 0 Å². The molecule has 206 valence electrons. The molecule has 0 bridgehead atoms. The van der Waals surface area contributed by atoms with E-state index in [1.165, 1.54) is 20.3 Å². The van der Waals surface area contributed by atoms with Crippen LogP contribution in [0.2, 0.25) is 0 Å². The van der Waals surface area contributed by atoms with Gasteiger partial charge in [0, 0.05) is 34.4 Å². The second-order valence-corrected chi connectivity index (χ2v) is 9.28. The number of ether oxygens (including phenoxy) is 2. The lowest BCUT2D eigenvalue weighted by molar-refractivity contribution is -0.120. The number of halogens is 1. The van der Waals surface area contributed by atoms with Gasteiger partial charge in [0.25, 0.3) is 17.7 Å². The molecule has 41 heavy (non-hydrogen) atoms. The standard InChI is InChI=1S/C31H25ClN4O5/c1-40-24-16-17-26(41-2)25(18-24)36-30(38)27(32)28(31(36)39)34-22-10-8-19(9-11-22)29(37)35-23-14-12-21(13-15-23)33-20-6-4-3-5-7-20/h3-18,33-34H,1-2H3,(H,35,37). The summed E-state index contributed by atoms with van der Waals surface area (Å²) in [5.74, 6) is -0.922. The Labute approximate surface area is 241 Å². The minimum atomic E-state index is -0.702. The molecular formula is C31H25ClN4O5. The van der Waals surface area contributed by atoms with Crippen molar-refractivity contribution in [3.05, 3.63) is 113 Å². The summed E-state index contributed by atoms with van der Waals surface area (Å²) in [5, 5.41) is 8.78. The smallest absolute Gasteiger partial charge is 0.283 e. The van der Waals surface area contributed by atoms with Gasteiger partial charge in [0.1, 0.15) is 22.2 Å². The predicted octanol–water partition coefficient (Wildman–Crippen LogP) is 6.14. The molecule has 1 aliphatic heterocycles. The van der Waals surface area contributed by atoms with Crippen molar-refractivity contribution in [2.45, 2.75) is 0 Å². The highest BCUT2D eigenvalue weighted by Gasteiger charge is 2.40. The first-order valence-electron chi connectivity index (χ1n) is 12.5. The van der Waals surface area contributed by atoms with Crippen molar-refractivity contribution in [1.29, 1.82) is 0 Å². The summed E-state index contributed by atoms with van der Waals surface area (Å²) in [6.07, 6.45) is 0. The number of imide groups is 1. The number of carbonyl (C=O) groups is 3. The van der Waals surface area contributed by atoms with Crippen molar-refractivity contribution >= 4 is 57.8 Å². The number of hydrogen-bond acceptors (Lipinski definition) is 7. The molecule has 0 radical (unpaired) electrons. The van der Waals surface area contributed by atoms with Crippen LogP contribution in [-0.2, 0) is 9.59 Å². The summed E-state index contributed by atoms with van der Waals surface area (Å²) < 4.78 is 10.6. The lowest BCUT2D eigenvalue weighted by atomic mass is 10.1. The molecule has 4 aromatic carbocycles. The van der Waals surface area contributed by atoms with Gasteiger partial charge in [-0.25, -0.2) is 4.90 Å². The Kier molecular flexibility index (Phi) is 7.89. The van der Waals surface area contributed by atoms with E-state index in [-0.39, 0.29) is 22.3 Å². The van der Waals surface area contributed by atoms with E-state index in [0.717, 1.165) is 16.3 Å². The van der Waals surface area contributed by atoms with Crippen LogP contribution < -0.4 is 30.3 Å². The van der Waals surface area contributed by atoms with Gasteiger partial charge in [-0.1, -0.05) is 29.8 Å². The third-order valence-electron chi connectivity index (χ3n) is 6.28.